The van der Waals surface area contributed by atoms with Crippen molar-refractivity contribution >= 4 is 26.2 Å². The van der Waals surface area contributed by atoms with Crippen LogP contribution in [0.1, 0.15) is 31.1 Å². The summed E-state index contributed by atoms with van der Waals surface area (Å²) in [5.74, 6) is 0.686. The summed E-state index contributed by atoms with van der Waals surface area (Å²) in [4.78, 5) is 10.8. The number of carbonyl (C=O) groups excluding carboxylic acids is 1. The predicted molar refractivity (Wildman–Crippen MR) is 74.7 cm³/mol. The molecule has 0 amide bonds. The molecule has 0 heterocycles. The fourth-order valence-corrected chi connectivity index (χ4v) is 2.41. The molecule has 0 N–H and O–H groups in total. The van der Waals surface area contributed by atoms with E-state index in [0.717, 1.165) is 6.29 Å². The topological polar surface area (TPSA) is 26.3 Å². The summed E-state index contributed by atoms with van der Waals surface area (Å²) in [6, 6.07) is 5.13. The molecule has 0 fully saturated rings. The lowest BCUT2D eigenvalue weighted by Gasteiger charge is -2.36. The van der Waals surface area contributed by atoms with Crippen LogP contribution in [-0.4, -0.2) is 14.6 Å². The van der Waals surface area contributed by atoms with Crippen LogP contribution in [0.2, 0.25) is 23.2 Å². The van der Waals surface area contributed by atoms with Crippen LogP contribution in [0.3, 0.4) is 0 Å². The Morgan fingerprint density at radius 3 is 2.29 bits per heavy atom. The number of aldehydes is 1. The van der Waals surface area contributed by atoms with E-state index >= 15 is 0 Å². The Bertz CT molecular complexity index is 422. The fourth-order valence-electron chi connectivity index (χ4n) is 1.16. The van der Waals surface area contributed by atoms with Gasteiger partial charge in [-0.25, -0.2) is 0 Å². The molecular weight excluding hydrogens is 252 g/mol. The van der Waals surface area contributed by atoms with Gasteiger partial charge >= 0.3 is 0 Å². The average Bonchev–Trinajstić information content (AvgIpc) is 2.14. The molecule has 17 heavy (non-hydrogen) atoms. The van der Waals surface area contributed by atoms with Crippen molar-refractivity contribution in [2.75, 3.05) is 0 Å². The molecule has 0 aliphatic rings. The number of carbonyl (C=O) groups is 1. The van der Waals surface area contributed by atoms with Crippen LogP contribution in [-0.2, 0) is 0 Å². The lowest BCUT2D eigenvalue weighted by molar-refractivity contribution is 0.112. The smallest absolute Gasteiger partial charge is 0.250 e. The molecule has 0 unspecified atom stereocenters. The molecule has 0 atom stereocenters. The molecule has 1 aromatic carbocycles. The lowest BCUT2D eigenvalue weighted by Crippen LogP contribution is -2.43. The zero-order valence-electron chi connectivity index (χ0n) is 11.0. The summed E-state index contributed by atoms with van der Waals surface area (Å²) in [6.07, 6.45) is 0.782. The Labute approximate surface area is 109 Å². The van der Waals surface area contributed by atoms with Crippen molar-refractivity contribution in [2.24, 2.45) is 0 Å². The van der Waals surface area contributed by atoms with E-state index in [1.165, 1.54) is 0 Å². The normalized spacial score (nSPS) is 12.4. The SMILES string of the molecule is CC(C)(C)[Si](C)(C)Oc1cc(Cl)cc(C=O)c1. The van der Waals surface area contributed by atoms with Crippen molar-refractivity contribution in [1.82, 2.24) is 0 Å². The molecule has 4 heteroatoms. The maximum Gasteiger partial charge on any atom is 0.250 e. The number of halogens is 1. The highest BCUT2D eigenvalue weighted by Gasteiger charge is 2.39. The van der Waals surface area contributed by atoms with Gasteiger partial charge in [0.2, 0.25) is 8.32 Å². The van der Waals surface area contributed by atoms with Gasteiger partial charge in [0.05, 0.1) is 0 Å². The van der Waals surface area contributed by atoms with Gasteiger partial charge in [-0.15, -0.1) is 0 Å². The van der Waals surface area contributed by atoms with E-state index in [0.29, 0.717) is 16.3 Å². The molecule has 1 rings (SSSR count). The van der Waals surface area contributed by atoms with Gasteiger partial charge in [0, 0.05) is 10.6 Å². The van der Waals surface area contributed by atoms with Crippen molar-refractivity contribution in [3.05, 3.63) is 28.8 Å². The first-order chi connectivity index (χ1) is 7.65. The summed E-state index contributed by atoms with van der Waals surface area (Å²) in [5, 5.41) is 0.653. The molecule has 0 aromatic heterocycles. The van der Waals surface area contributed by atoms with Crippen LogP contribution in [0, 0.1) is 0 Å². The van der Waals surface area contributed by atoms with Crippen LogP contribution in [0.15, 0.2) is 18.2 Å². The minimum Gasteiger partial charge on any atom is -0.543 e. The molecule has 0 aliphatic heterocycles. The summed E-state index contributed by atoms with van der Waals surface area (Å²) >= 11 is 5.95. The summed E-state index contributed by atoms with van der Waals surface area (Å²) in [7, 11) is -1.88. The zero-order valence-corrected chi connectivity index (χ0v) is 12.8. The highest BCUT2D eigenvalue weighted by atomic mass is 35.5. The number of hydrogen-bond acceptors (Lipinski definition) is 2. The standard InChI is InChI=1S/C13H19ClO2Si/c1-13(2,3)17(4,5)16-12-7-10(9-15)6-11(14)8-12/h6-9H,1-5H3. The second kappa shape index (κ2) is 4.82. The molecule has 94 valence electrons. The van der Waals surface area contributed by atoms with Gasteiger partial charge < -0.3 is 4.43 Å². The van der Waals surface area contributed by atoms with Crippen molar-refractivity contribution in [3.63, 3.8) is 0 Å². The summed E-state index contributed by atoms with van der Waals surface area (Å²) in [6.45, 7) is 10.8. The van der Waals surface area contributed by atoms with Crippen molar-refractivity contribution in [1.29, 1.82) is 0 Å². The number of hydrogen-bond donors (Lipinski definition) is 0. The van der Waals surface area contributed by atoms with Gasteiger partial charge in [0.1, 0.15) is 12.0 Å². The van der Waals surface area contributed by atoms with Gasteiger partial charge in [-0.3, -0.25) is 4.79 Å². The average molecular weight is 271 g/mol. The predicted octanol–water partition coefficient (Wildman–Crippen LogP) is 4.54. The van der Waals surface area contributed by atoms with Crippen LogP contribution in [0.25, 0.3) is 0 Å². The van der Waals surface area contributed by atoms with Gasteiger partial charge in [0.25, 0.3) is 0 Å². The van der Waals surface area contributed by atoms with Crippen LogP contribution >= 0.6 is 11.6 Å². The van der Waals surface area contributed by atoms with E-state index in [1.54, 1.807) is 18.2 Å². The van der Waals surface area contributed by atoms with Crippen LogP contribution in [0.4, 0.5) is 0 Å². The third-order valence-electron chi connectivity index (χ3n) is 3.21. The third-order valence-corrected chi connectivity index (χ3v) is 7.79. The summed E-state index contributed by atoms with van der Waals surface area (Å²) < 4.78 is 6.09. The van der Waals surface area contributed by atoms with Gasteiger partial charge in [-0.05, 0) is 36.3 Å². The Morgan fingerprint density at radius 2 is 1.82 bits per heavy atom. The molecular formula is C13H19ClO2Si. The zero-order chi connectivity index (χ0) is 13.3. The monoisotopic (exact) mass is 270 g/mol. The van der Waals surface area contributed by atoms with Crippen molar-refractivity contribution in [3.8, 4) is 5.75 Å². The number of benzene rings is 1. The van der Waals surface area contributed by atoms with E-state index in [1.807, 2.05) is 0 Å². The van der Waals surface area contributed by atoms with E-state index in [9.17, 15) is 4.79 Å². The maximum atomic E-state index is 10.8. The second-order valence-corrected chi connectivity index (χ2v) is 10.9. The molecule has 0 saturated carbocycles. The first kappa shape index (κ1) is 14.3. The largest absolute Gasteiger partial charge is 0.543 e. The Balaban J connectivity index is 3.03. The molecule has 0 aliphatic carbocycles. The molecule has 2 nitrogen and oxygen atoms in total. The Kier molecular flexibility index (Phi) is 4.05. The minimum atomic E-state index is -1.88. The van der Waals surface area contributed by atoms with Gasteiger partial charge in [-0.1, -0.05) is 32.4 Å². The maximum absolute atomic E-state index is 10.8. The molecule has 0 bridgehead atoms. The molecule has 0 radical (unpaired) electrons. The Morgan fingerprint density at radius 1 is 1.24 bits per heavy atom. The van der Waals surface area contributed by atoms with Gasteiger partial charge in [-0.2, -0.15) is 0 Å². The van der Waals surface area contributed by atoms with Gasteiger partial charge in [0.15, 0.2) is 0 Å². The highest BCUT2D eigenvalue weighted by Crippen LogP contribution is 2.37. The Hall–Kier alpha value is -0.803. The van der Waals surface area contributed by atoms with Crippen molar-refractivity contribution < 1.29 is 9.22 Å². The molecule has 1 aromatic rings. The number of rotatable bonds is 3. The second-order valence-electron chi connectivity index (χ2n) is 5.70. The van der Waals surface area contributed by atoms with E-state index < -0.39 is 8.32 Å². The quantitative estimate of drug-likeness (QED) is 0.596. The molecule has 0 saturated heterocycles. The summed E-state index contributed by atoms with van der Waals surface area (Å²) in [5.41, 5.74) is 0.547. The minimum absolute atomic E-state index is 0.122. The van der Waals surface area contributed by atoms with E-state index in [4.69, 9.17) is 16.0 Å². The van der Waals surface area contributed by atoms with Crippen molar-refractivity contribution in [2.45, 2.75) is 38.9 Å². The first-order valence-electron chi connectivity index (χ1n) is 5.60. The molecule has 0 spiro atoms. The first-order valence-corrected chi connectivity index (χ1v) is 8.89. The van der Waals surface area contributed by atoms with E-state index in [-0.39, 0.29) is 5.04 Å². The van der Waals surface area contributed by atoms with E-state index in [2.05, 4.69) is 33.9 Å². The highest BCUT2D eigenvalue weighted by molar-refractivity contribution is 6.74. The lowest BCUT2D eigenvalue weighted by atomic mass is 10.2. The third kappa shape index (κ3) is 3.58. The van der Waals surface area contributed by atoms with Crippen LogP contribution in [0.5, 0.6) is 5.75 Å². The fraction of sp³-hybridized carbons (Fsp3) is 0.462. The van der Waals surface area contributed by atoms with Crippen LogP contribution < -0.4 is 4.43 Å².